The first-order valence-electron chi connectivity index (χ1n) is 6.74. The molecular formula is C13H19IN6S. The molecule has 0 amide bonds. The van der Waals surface area contributed by atoms with Crippen molar-refractivity contribution in [2.45, 2.75) is 32.5 Å². The first-order chi connectivity index (χ1) is 9.86. The van der Waals surface area contributed by atoms with Crippen molar-refractivity contribution in [3.05, 3.63) is 34.0 Å². The summed E-state index contributed by atoms with van der Waals surface area (Å²) in [6.45, 7) is 2.47. The standard InChI is InChI=1S/C13H18N6S.HI/c1-14-13(15-8-10-4-3-7-20-10)16-9-12-18-17-11-5-2-6-19(11)12;/h3-4,7H,2,5-6,8-9H2,1H3,(H2,14,15,16);1H. The molecule has 0 fully saturated rings. The number of hydrogen-bond donors (Lipinski definition) is 2. The number of rotatable bonds is 4. The SMILES string of the molecule is CN=C(NCc1cccs1)NCc1nnc2n1CCC2.I. The maximum absolute atomic E-state index is 4.22. The number of aryl methyl sites for hydroxylation is 1. The molecule has 2 N–H and O–H groups in total. The molecule has 0 saturated heterocycles. The molecule has 6 nitrogen and oxygen atoms in total. The van der Waals surface area contributed by atoms with Gasteiger partial charge >= 0.3 is 0 Å². The average Bonchev–Trinajstić information content (AvgIpc) is 3.17. The van der Waals surface area contributed by atoms with E-state index in [4.69, 9.17) is 0 Å². The summed E-state index contributed by atoms with van der Waals surface area (Å²) in [5.41, 5.74) is 0. The molecule has 114 valence electrons. The van der Waals surface area contributed by atoms with Crippen molar-refractivity contribution in [3.8, 4) is 0 Å². The maximum Gasteiger partial charge on any atom is 0.191 e. The second kappa shape index (κ2) is 7.74. The second-order valence-electron chi connectivity index (χ2n) is 4.65. The third-order valence-corrected chi connectivity index (χ3v) is 4.21. The molecule has 0 aliphatic carbocycles. The van der Waals surface area contributed by atoms with Crippen molar-refractivity contribution in [1.29, 1.82) is 0 Å². The second-order valence-corrected chi connectivity index (χ2v) is 5.68. The Labute approximate surface area is 145 Å². The Morgan fingerprint density at radius 2 is 2.24 bits per heavy atom. The molecule has 0 aromatic carbocycles. The van der Waals surface area contributed by atoms with E-state index >= 15 is 0 Å². The molecule has 0 radical (unpaired) electrons. The van der Waals surface area contributed by atoms with Gasteiger partial charge in [0, 0.05) is 24.9 Å². The largest absolute Gasteiger partial charge is 0.352 e. The number of hydrogen-bond acceptors (Lipinski definition) is 4. The van der Waals surface area contributed by atoms with Gasteiger partial charge in [0.2, 0.25) is 0 Å². The van der Waals surface area contributed by atoms with Gasteiger partial charge < -0.3 is 15.2 Å². The molecule has 8 heteroatoms. The Kier molecular flexibility index (Phi) is 5.97. The summed E-state index contributed by atoms with van der Waals surface area (Å²) in [7, 11) is 1.78. The van der Waals surface area contributed by atoms with Crippen LogP contribution in [0.1, 0.15) is 22.9 Å². The zero-order valence-corrected chi connectivity index (χ0v) is 15.0. The highest BCUT2D eigenvalue weighted by Gasteiger charge is 2.16. The van der Waals surface area contributed by atoms with Crippen LogP contribution in [0.25, 0.3) is 0 Å². The number of nitrogens with one attached hydrogen (secondary N) is 2. The highest BCUT2D eigenvalue weighted by molar-refractivity contribution is 14.0. The van der Waals surface area contributed by atoms with Gasteiger partial charge in [0.1, 0.15) is 5.82 Å². The minimum atomic E-state index is 0. The maximum atomic E-state index is 4.22. The third-order valence-electron chi connectivity index (χ3n) is 3.33. The molecule has 2 aromatic heterocycles. The fraction of sp³-hybridized carbons (Fsp3) is 0.462. The van der Waals surface area contributed by atoms with Crippen LogP contribution < -0.4 is 10.6 Å². The van der Waals surface area contributed by atoms with Crippen molar-refractivity contribution in [2.75, 3.05) is 7.05 Å². The Balaban J connectivity index is 0.00000161. The molecule has 3 rings (SSSR count). The predicted molar refractivity (Wildman–Crippen MR) is 95.1 cm³/mol. The Hall–Kier alpha value is -1.16. The topological polar surface area (TPSA) is 67.1 Å². The smallest absolute Gasteiger partial charge is 0.191 e. The van der Waals surface area contributed by atoms with E-state index in [-0.39, 0.29) is 24.0 Å². The van der Waals surface area contributed by atoms with Crippen molar-refractivity contribution in [2.24, 2.45) is 4.99 Å². The lowest BCUT2D eigenvalue weighted by atomic mass is 10.4. The van der Waals surface area contributed by atoms with E-state index in [0.29, 0.717) is 6.54 Å². The quantitative estimate of drug-likeness (QED) is 0.451. The van der Waals surface area contributed by atoms with Crippen molar-refractivity contribution >= 4 is 41.3 Å². The molecular weight excluding hydrogens is 399 g/mol. The average molecular weight is 418 g/mol. The molecule has 0 spiro atoms. The van der Waals surface area contributed by atoms with Crippen LogP contribution in [0.2, 0.25) is 0 Å². The van der Waals surface area contributed by atoms with Gasteiger partial charge in [-0.05, 0) is 17.9 Å². The number of guanidine groups is 1. The van der Waals surface area contributed by atoms with Crippen molar-refractivity contribution in [1.82, 2.24) is 25.4 Å². The van der Waals surface area contributed by atoms with Crippen molar-refractivity contribution in [3.63, 3.8) is 0 Å². The summed E-state index contributed by atoms with van der Waals surface area (Å²) in [4.78, 5) is 5.51. The molecule has 1 aliphatic heterocycles. The van der Waals surface area contributed by atoms with Crippen LogP contribution >= 0.6 is 35.3 Å². The Bertz CT molecular complexity index is 592. The van der Waals surface area contributed by atoms with E-state index in [1.54, 1.807) is 18.4 Å². The summed E-state index contributed by atoms with van der Waals surface area (Å²) in [6, 6.07) is 4.16. The Morgan fingerprint density at radius 3 is 3.00 bits per heavy atom. The highest BCUT2D eigenvalue weighted by atomic mass is 127. The molecule has 0 saturated carbocycles. The van der Waals surface area contributed by atoms with Crippen LogP contribution in [0.15, 0.2) is 22.5 Å². The zero-order valence-electron chi connectivity index (χ0n) is 11.9. The molecule has 0 atom stereocenters. The molecule has 2 aromatic rings. The summed E-state index contributed by atoms with van der Waals surface area (Å²) in [5.74, 6) is 2.87. The van der Waals surface area contributed by atoms with Gasteiger partial charge in [-0.15, -0.1) is 45.5 Å². The normalized spacial score (nSPS) is 13.7. The van der Waals surface area contributed by atoms with Crippen LogP contribution in [0.3, 0.4) is 0 Å². The number of fused-ring (bicyclic) bond motifs is 1. The monoisotopic (exact) mass is 418 g/mol. The Morgan fingerprint density at radius 1 is 1.38 bits per heavy atom. The fourth-order valence-electron chi connectivity index (χ4n) is 2.31. The van der Waals surface area contributed by atoms with Gasteiger partial charge in [0.15, 0.2) is 11.8 Å². The van der Waals surface area contributed by atoms with Crippen LogP contribution in [0, 0.1) is 0 Å². The lowest BCUT2D eigenvalue weighted by Gasteiger charge is -2.11. The molecule has 0 bridgehead atoms. The molecule has 0 unspecified atom stereocenters. The molecule has 1 aliphatic rings. The fourth-order valence-corrected chi connectivity index (χ4v) is 2.95. The minimum Gasteiger partial charge on any atom is -0.352 e. The molecule has 21 heavy (non-hydrogen) atoms. The van der Waals surface area contributed by atoms with E-state index < -0.39 is 0 Å². The van der Waals surface area contributed by atoms with E-state index in [1.165, 1.54) is 11.3 Å². The lowest BCUT2D eigenvalue weighted by molar-refractivity contribution is 0.663. The minimum absolute atomic E-state index is 0. The predicted octanol–water partition coefficient (Wildman–Crippen LogP) is 1.77. The number of aliphatic imine (C=N–C) groups is 1. The number of halogens is 1. The van der Waals surface area contributed by atoms with Gasteiger partial charge in [-0.25, -0.2) is 0 Å². The van der Waals surface area contributed by atoms with Crippen LogP contribution in [0.5, 0.6) is 0 Å². The van der Waals surface area contributed by atoms with E-state index in [0.717, 1.165) is 37.1 Å². The van der Waals surface area contributed by atoms with Crippen molar-refractivity contribution < 1.29 is 0 Å². The lowest BCUT2D eigenvalue weighted by Crippen LogP contribution is -2.36. The van der Waals surface area contributed by atoms with Gasteiger partial charge in [0.05, 0.1) is 13.1 Å². The van der Waals surface area contributed by atoms with Gasteiger partial charge in [-0.2, -0.15) is 0 Å². The van der Waals surface area contributed by atoms with Crippen LogP contribution in [0.4, 0.5) is 0 Å². The van der Waals surface area contributed by atoms with Crippen LogP contribution in [-0.4, -0.2) is 27.8 Å². The first-order valence-corrected chi connectivity index (χ1v) is 7.62. The van der Waals surface area contributed by atoms with Gasteiger partial charge in [-0.3, -0.25) is 4.99 Å². The van der Waals surface area contributed by atoms with E-state index in [9.17, 15) is 0 Å². The molecule has 3 heterocycles. The van der Waals surface area contributed by atoms with Gasteiger partial charge in [-0.1, -0.05) is 6.07 Å². The third kappa shape index (κ3) is 3.94. The zero-order chi connectivity index (χ0) is 13.8. The summed E-state index contributed by atoms with van der Waals surface area (Å²) in [5, 5.41) is 17.1. The summed E-state index contributed by atoms with van der Waals surface area (Å²) < 4.78 is 2.19. The summed E-state index contributed by atoms with van der Waals surface area (Å²) >= 11 is 1.74. The van der Waals surface area contributed by atoms with Gasteiger partial charge in [0.25, 0.3) is 0 Å². The number of thiophene rings is 1. The first kappa shape index (κ1) is 16.2. The van der Waals surface area contributed by atoms with Crippen LogP contribution in [-0.2, 0) is 26.1 Å². The number of aromatic nitrogens is 3. The number of nitrogens with zero attached hydrogens (tertiary/aromatic N) is 4. The van der Waals surface area contributed by atoms with E-state index in [2.05, 4.69) is 47.9 Å². The highest BCUT2D eigenvalue weighted by Crippen LogP contribution is 2.13. The summed E-state index contributed by atoms with van der Waals surface area (Å²) in [6.07, 6.45) is 2.21. The van der Waals surface area contributed by atoms with E-state index in [1.807, 2.05) is 0 Å².